The molecule has 0 aliphatic heterocycles. The molecule has 0 N–H and O–H groups in total. The predicted molar refractivity (Wildman–Crippen MR) is 114 cm³/mol. The summed E-state index contributed by atoms with van der Waals surface area (Å²) in [6, 6.07) is 5.87. The average Bonchev–Trinajstić information content (AvgIpc) is 2.95. The maximum Gasteiger partial charge on any atom is 0.162 e. The molecule has 3 bridgehead atoms. The van der Waals surface area contributed by atoms with Crippen LogP contribution in [-0.2, 0) is 4.79 Å². The molecule has 1 heterocycles. The van der Waals surface area contributed by atoms with E-state index in [0.717, 1.165) is 53.5 Å². The second kappa shape index (κ2) is 7.16. The van der Waals surface area contributed by atoms with Crippen LogP contribution in [-0.4, -0.2) is 25.0 Å². The van der Waals surface area contributed by atoms with Crippen LogP contribution in [0, 0.1) is 23.2 Å². The van der Waals surface area contributed by atoms with E-state index in [1.165, 1.54) is 25.7 Å². The maximum absolute atomic E-state index is 13.3. The number of nitrogens with zero attached hydrogens (tertiary/aromatic N) is 1. The molecule has 152 valence electrons. The zero-order valence-corrected chi connectivity index (χ0v) is 17.3. The molecule has 3 aliphatic carbocycles. The van der Waals surface area contributed by atoms with Crippen molar-refractivity contribution in [2.24, 2.45) is 23.2 Å². The number of rotatable bonds is 5. The Balaban J connectivity index is 1.40. The number of pyridine rings is 1. The molecule has 0 spiro atoms. The minimum Gasteiger partial charge on any atom is -0.493 e. The first-order chi connectivity index (χ1) is 14.1. The molecule has 5 rings (SSSR count). The SMILES string of the molecule is COc1cc2cc(/C=C/C(=O)C34CCCC5CC(CC5C3)C4)cnc2cc1OC. The fourth-order valence-corrected chi connectivity index (χ4v) is 6.39. The van der Waals surface area contributed by atoms with Gasteiger partial charge in [0.1, 0.15) is 0 Å². The summed E-state index contributed by atoms with van der Waals surface area (Å²) < 4.78 is 10.8. The first kappa shape index (κ1) is 18.7. The predicted octanol–water partition coefficient (Wildman–Crippen LogP) is 5.44. The van der Waals surface area contributed by atoms with Crippen LogP contribution in [0.4, 0.5) is 0 Å². The third-order valence-electron chi connectivity index (χ3n) is 7.66. The third-order valence-corrected chi connectivity index (χ3v) is 7.66. The summed E-state index contributed by atoms with van der Waals surface area (Å²) in [6.07, 6.45) is 14.2. The highest BCUT2D eigenvalue weighted by molar-refractivity contribution is 5.98. The van der Waals surface area contributed by atoms with Gasteiger partial charge < -0.3 is 9.47 Å². The zero-order valence-electron chi connectivity index (χ0n) is 17.3. The number of allylic oxidation sites excluding steroid dienone is 1. The number of ether oxygens (including phenoxy) is 2. The van der Waals surface area contributed by atoms with E-state index < -0.39 is 0 Å². The van der Waals surface area contributed by atoms with E-state index in [0.29, 0.717) is 17.3 Å². The third kappa shape index (κ3) is 3.23. The van der Waals surface area contributed by atoms with E-state index >= 15 is 0 Å². The second-order valence-electron chi connectivity index (χ2n) is 9.30. The lowest BCUT2D eigenvalue weighted by molar-refractivity contribution is -0.127. The number of fused-ring (bicyclic) bond motifs is 3. The highest BCUT2D eigenvalue weighted by atomic mass is 16.5. The smallest absolute Gasteiger partial charge is 0.162 e. The Morgan fingerprint density at radius 2 is 1.90 bits per heavy atom. The first-order valence-electron chi connectivity index (χ1n) is 10.8. The normalized spacial score (nSPS) is 30.6. The second-order valence-corrected chi connectivity index (χ2v) is 9.30. The highest BCUT2D eigenvalue weighted by Gasteiger charge is 2.52. The van der Waals surface area contributed by atoms with Gasteiger partial charge in [-0.05, 0) is 79.7 Å². The maximum atomic E-state index is 13.3. The molecule has 29 heavy (non-hydrogen) atoms. The summed E-state index contributed by atoms with van der Waals surface area (Å²) >= 11 is 0. The number of aromatic nitrogens is 1. The van der Waals surface area contributed by atoms with Gasteiger partial charge in [-0.1, -0.05) is 12.8 Å². The van der Waals surface area contributed by atoms with Gasteiger partial charge in [-0.25, -0.2) is 0 Å². The summed E-state index contributed by atoms with van der Waals surface area (Å²) in [6.45, 7) is 0. The van der Waals surface area contributed by atoms with E-state index in [2.05, 4.69) is 11.1 Å². The van der Waals surface area contributed by atoms with Crippen molar-refractivity contribution in [3.63, 3.8) is 0 Å². The lowest BCUT2D eigenvalue weighted by Gasteiger charge is -2.38. The lowest BCUT2D eigenvalue weighted by atomic mass is 9.65. The van der Waals surface area contributed by atoms with E-state index in [1.54, 1.807) is 14.2 Å². The van der Waals surface area contributed by atoms with Crippen molar-refractivity contribution in [2.75, 3.05) is 14.2 Å². The zero-order chi connectivity index (χ0) is 20.0. The number of ketones is 1. The van der Waals surface area contributed by atoms with Gasteiger partial charge in [-0.15, -0.1) is 0 Å². The summed E-state index contributed by atoms with van der Waals surface area (Å²) in [7, 11) is 3.26. The quantitative estimate of drug-likeness (QED) is 0.637. The largest absolute Gasteiger partial charge is 0.493 e. The molecule has 0 amide bonds. The van der Waals surface area contributed by atoms with Crippen LogP contribution in [0.3, 0.4) is 0 Å². The van der Waals surface area contributed by atoms with Crippen molar-refractivity contribution in [1.29, 1.82) is 0 Å². The molecule has 2 aromatic rings. The van der Waals surface area contributed by atoms with Crippen LogP contribution in [0.1, 0.15) is 50.5 Å². The number of hydrogen-bond acceptors (Lipinski definition) is 4. The minimum atomic E-state index is -0.101. The van der Waals surface area contributed by atoms with E-state index in [9.17, 15) is 4.79 Å². The lowest BCUT2D eigenvalue weighted by Crippen LogP contribution is -2.35. The van der Waals surface area contributed by atoms with Crippen molar-refractivity contribution in [3.8, 4) is 11.5 Å². The number of methoxy groups -OCH3 is 2. The topological polar surface area (TPSA) is 48.4 Å². The molecule has 0 saturated heterocycles. The van der Waals surface area contributed by atoms with Crippen LogP contribution in [0.2, 0.25) is 0 Å². The van der Waals surface area contributed by atoms with Crippen molar-refractivity contribution in [3.05, 3.63) is 36.0 Å². The van der Waals surface area contributed by atoms with Gasteiger partial charge in [0.2, 0.25) is 0 Å². The standard InChI is InChI=1S/C25H29NO3/c1-28-22-11-19-8-16(15-26-21(19)12-23(22)29-2)5-6-24(27)25-7-3-4-18-9-17(13-25)10-20(18)14-25/h5-6,8,11-12,15,17-18,20H,3-4,7,9-10,13-14H2,1-2H3/b6-5+. The fraction of sp³-hybridized carbons (Fsp3) is 0.520. The monoisotopic (exact) mass is 391 g/mol. The molecule has 4 atom stereocenters. The molecule has 4 unspecified atom stereocenters. The van der Waals surface area contributed by atoms with Gasteiger partial charge >= 0.3 is 0 Å². The van der Waals surface area contributed by atoms with Crippen molar-refractivity contribution >= 4 is 22.8 Å². The number of hydrogen-bond donors (Lipinski definition) is 0. The van der Waals surface area contributed by atoms with Gasteiger partial charge in [0.05, 0.1) is 19.7 Å². The van der Waals surface area contributed by atoms with Crippen LogP contribution >= 0.6 is 0 Å². The van der Waals surface area contributed by atoms with Crippen molar-refractivity contribution < 1.29 is 14.3 Å². The summed E-state index contributed by atoms with van der Waals surface area (Å²) in [5.41, 5.74) is 1.69. The molecule has 0 radical (unpaired) electrons. The summed E-state index contributed by atoms with van der Waals surface area (Å²) in [5.74, 6) is 4.15. The molecule has 3 fully saturated rings. The molecular formula is C25H29NO3. The average molecular weight is 392 g/mol. The number of carbonyl (C=O) groups excluding carboxylic acids is 1. The van der Waals surface area contributed by atoms with E-state index in [1.807, 2.05) is 30.5 Å². The molecule has 1 aromatic carbocycles. The van der Waals surface area contributed by atoms with Gasteiger partial charge in [0.15, 0.2) is 17.3 Å². The van der Waals surface area contributed by atoms with Crippen LogP contribution < -0.4 is 9.47 Å². The van der Waals surface area contributed by atoms with Gasteiger partial charge in [0, 0.05) is 23.1 Å². The molecule has 4 nitrogen and oxygen atoms in total. The Labute approximate surface area is 172 Å². The van der Waals surface area contributed by atoms with Crippen LogP contribution in [0.5, 0.6) is 11.5 Å². The van der Waals surface area contributed by atoms with E-state index in [-0.39, 0.29) is 5.41 Å². The van der Waals surface area contributed by atoms with Gasteiger partial charge in [0.25, 0.3) is 0 Å². The number of benzene rings is 1. The van der Waals surface area contributed by atoms with E-state index in [4.69, 9.17) is 9.47 Å². The molecule has 3 aliphatic rings. The minimum absolute atomic E-state index is 0.101. The van der Waals surface area contributed by atoms with Crippen LogP contribution in [0.15, 0.2) is 30.5 Å². The highest BCUT2D eigenvalue weighted by Crippen LogP contribution is 2.59. The Morgan fingerprint density at radius 1 is 1.10 bits per heavy atom. The molecule has 1 aromatic heterocycles. The Kier molecular flexibility index (Phi) is 4.60. The van der Waals surface area contributed by atoms with Gasteiger partial charge in [-0.2, -0.15) is 0 Å². The molecule has 4 heteroatoms. The Bertz CT molecular complexity index is 981. The molecular weight excluding hydrogens is 362 g/mol. The first-order valence-corrected chi connectivity index (χ1v) is 10.8. The van der Waals surface area contributed by atoms with Crippen molar-refractivity contribution in [2.45, 2.75) is 44.9 Å². The Morgan fingerprint density at radius 3 is 2.72 bits per heavy atom. The number of carbonyl (C=O) groups is 1. The Hall–Kier alpha value is -2.36. The summed E-state index contributed by atoms with van der Waals surface area (Å²) in [5, 5.41) is 0.975. The fourth-order valence-electron chi connectivity index (χ4n) is 6.39. The van der Waals surface area contributed by atoms with Crippen molar-refractivity contribution in [1.82, 2.24) is 4.98 Å². The summed E-state index contributed by atoms with van der Waals surface area (Å²) in [4.78, 5) is 17.9. The molecule has 3 saturated carbocycles. The van der Waals surface area contributed by atoms with Gasteiger partial charge in [-0.3, -0.25) is 9.78 Å². The van der Waals surface area contributed by atoms with Crippen LogP contribution in [0.25, 0.3) is 17.0 Å².